The summed E-state index contributed by atoms with van der Waals surface area (Å²) in [4.78, 5) is 0.264. The van der Waals surface area contributed by atoms with Crippen LogP contribution in [0.2, 0.25) is 0 Å². The van der Waals surface area contributed by atoms with Crippen LogP contribution in [0.3, 0.4) is 0 Å². The van der Waals surface area contributed by atoms with E-state index >= 15 is 0 Å². The van der Waals surface area contributed by atoms with Crippen LogP contribution in [0, 0.1) is 34.9 Å². The highest BCUT2D eigenvalue weighted by atomic mass is 32.2. The van der Waals surface area contributed by atoms with Crippen molar-refractivity contribution in [2.24, 2.45) is 0 Å². The van der Waals surface area contributed by atoms with E-state index in [1.807, 2.05) is 0 Å². The van der Waals surface area contributed by atoms with E-state index in [1.54, 1.807) is 0 Å². The summed E-state index contributed by atoms with van der Waals surface area (Å²) >= 11 is 0.733. The lowest BCUT2D eigenvalue weighted by Crippen LogP contribution is -2.06. The molecule has 0 aliphatic heterocycles. The molecule has 21 heavy (non-hydrogen) atoms. The quantitative estimate of drug-likeness (QED) is 0.298. The molecule has 0 bridgehead atoms. The summed E-state index contributed by atoms with van der Waals surface area (Å²) in [5.41, 5.74) is 4.53. The van der Waals surface area contributed by atoms with Crippen LogP contribution >= 0.6 is 11.8 Å². The fourth-order valence-corrected chi connectivity index (χ4v) is 2.52. The van der Waals surface area contributed by atoms with Gasteiger partial charge in [0, 0.05) is 21.9 Å². The molecule has 0 fully saturated rings. The molecular weight excluding hydrogens is 316 g/mol. The average Bonchev–Trinajstić information content (AvgIpc) is 2.45. The van der Waals surface area contributed by atoms with Crippen LogP contribution in [-0.4, -0.2) is 0 Å². The summed E-state index contributed by atoms with van der Waals surface area (Å²) in [5.74, 6) is -11.1. The Bertz CT molecular complexity index is 675. The van der Waals surface area contributed by atoms with Gasteiger partial charge in [0.25, 0.3) is 0 Å². The summed E-state index contributed by atoms with van der Waals surface area (Å²) in [6, 6.07) is 3.31. The van der Waals surface area contributed by atoms with Crippen LogP contribution in [0.5, 0.6) is 0 Å². The van der Waals surface area contributed by atoms with Crippen LogP contribution < -0.4 is 5.73 Å². The van der Waals surface area contributed by atoms with Gasteiger partial charge in [0.1, 0.15) is 5.82 Å². The second-order valence-corrected chi connectivity index (χ2v) is 5.04. The highest BCUT2D eigenvalue weighted by Gasteiger charge is 2.25. The SMILES string of the molecule is Nc1cc(F)ccc1SCc1c(F)c(F)c(F)c(F)c1F. The standard InChI is InChI=1S/C13H7F6NS/c14-5-1-2-8(7(20)3-5)21-4-6-9(15)11(17)13(19)12(18)10(6)16/h1-3H,4,20H2. The van der Waals surface area contributed by atoms with E-state index in [2.05, 4.69) is 0 Å². The van der Waals surface area contributed by atoms with Crippen molar-refractivity contribution in [3.8, 4) is 0 Å². The molecular formula is C13H7F6NS. The third-order valence-electron chi connectivity index (χ3n) is 2.64. The van der Waals surface area contributed by atoms with Gasteiger partial charge in [0.15, 0.2) is 23.3 Å². The minimum Gasteiger partial charge on any atom is -0.398 e. The first-order valence-corrected chi connectivity index (χ1v) is 6.49. The van der Waals surface area contributed by atoms with Crippen molar-refractivity contribution in [1.82, 2.24) is 0 Å². The Balaban J connectivity index is 2.32. The smallest absolute Gasteiger partial charge is 0.200 e. The Morgan fingerprint density at radius 2 is 1.33 bits per heavy atom. The van der Waals surface area contributed by atoms with Crippen LogP contribution in [-0.2, 0) is 5.75 Å². The maximum absolute atomic E-state index is 13.4. The van der Waals surface area contributed by atoms with Crippen molar-refractivity contribution in [1.29, 1.82) is 0 Å². The zero-order valence-electron chi connectivity index (χ0n) is 10.2. The number of halogens is 6. The monoisotopic (exact) mass is 323 g/mol. The normalized spacial score (nSPS) is 11.0. The molecule has 0 heterocycles. The van der Waals surface area contributed by atoms with Gasteiger partial charge in [0.2, 0.25) is 5.82 Å². The first kappa shape index (κ1) is 15.6. The van der Waals surface area contributed by atoms with Crippen LogP contribution in [0.25, 0.3) is 0 Å². The molecule has 2 N–H and O–H groups in total. The predicted molar refractivity (Wildman–Crippen MR) is 66.6 cm³/mol. The molecule has 2 rings (SSSR count). The third kappa shape index (κ3) is 2.94. The summed E-state index contributed by atoms with van der Waals surface area (Å²) in [6.45, 7) is 0. The Morgan fingerprint density at radius 3 is 1.86 bits per heavy atom. The maximum Gasteiger partial charge on any atom is 0.200 e. The number of hydrogen-bond acceptors (Lipinski definition) is 2. The van der Waals surface area contributed by atoms with E-state index in [-0.39, 0.29) is 10.6 Å². The molecule has 0 spiro atoms. The van der Waals surface area contributed by atoms with E-state index in [4.69, 9.17) is 5.73 Å². The molecule has 0 saturated heterocycles. The van der Waals surface area contributed by atoms with E-state index < -0.39 is 46.2 Å². The number of hydrogen-bond donors (Lipinski definition) is 1. The zero-order chi connectivity index (χ0) is 15.7. The van der Waals surface area contributed by atoms with E-state index in [1.165, 1.54) is 6.07 Å². The van der Waals surface area contributed by atoms with E-state index in [0.717, 1.165) is 23.9 Å². The van der Waals surface area contributed by atoms with Gasteiger partial charge in [-0.15, -0.1) is 11.8 Å². The molecule has 0 radical (unpaired) electrons. The Morgan fingerprint density at radius 1 is 0.810 bits per heavy atom. The van der Waals surface area contributed by atoms with Gasteiger partial charge in [-0.25, -0.2) is 26.3 Å². The van der Waals surface area contributed by atoms with Gasteiger partial charge in [-0.2, -0.15) is 0 Å². The number of rotatable bonds is 3. The Kier molecular flexibility index (Phi) is 4.36. The van der Waals surface area contributed by atoms with Gasteiger partial charge in [-0.05, 0) is 18.2 Å². The third-order valence-corrected chi connectivity index (χ3v) is 3.76. The van der Waals surface area contributed by atoms with E-state index in [9.17, 15) is 26.3 Å². The number of nitrogens with two attached hydrogens (primary N) is 1. The lowest BCUT2D eigenvalue weighted by molar-refractivity contribution is 0.372. The van der Waals surface area contributed by atoms with Crippen molar-refractivity contribution >= 4 is 17.4 Å². The number of thioether (sulfide) groups is 1. The maximum atomic E-state index is 13.4. The Labute approximate surface area is 119 Å². The molecule has 0 atom stereocenters. The summed E-state index contributed by atoms with van der Waals surface area (Å²) in [7, 11) is 0. The van der Waals surface area contributed by atoms with Crippen molar-refractivity contribution in [3.05, 3.63) is 58.7 Å². The molecule has 8 heteroatoms. The van der Waals surface area contributed by atoms with Crippen molar-refractivity contribution in [2.75, 3.05) is 5.73 Å². The van der Waals surface area contributed by atoms with Gasteiger partial charge in [0.05, 0.1) is 0 Å². The first-order chi connectivity index (χ1) is 9.82. The molecule has 112 valence electrons. The molecule has 0 aliphatic carbocycles. The molecule has 0 aromatic heterocycles. The van der Waals surface area contributed by atoms with E-state index in [0.29, 0.717) is 0 Å². The molecule has 2 aromatic rings. The van der Waals surface area contributed by atoms with Crippen LogP contribution in [0.4, 0.5) is 32.0 Å². The van der Waals surface area contributed by atoms with Gasteiger partial charge < -0.3 is 5.73 Å². The van der Waals surface area contributed by atoms with Gasteiger partial charge in [-0.3, -0.25) is 0 Å². The minimum absolute atomic E-state index is 0.00359. The van der Waals surface area contributed by atoms with Gasteiger partial charge in [-0.1, -0.05) is 0 Å². The first-order valence-electron chi connectivity index (χ1n) is 5.51. The fourth-order valence-electron chi connectivity index (χ4n) is 1.58. The lowest BCUT2D eigenvalue weighted by atomic mass is 10.2. The molecule has 0 amide bonds. The number of anilines is 1. The molecule has 0 saturated carbocycles. The second-order valence-electron chi connectivity index (χ2n) is 4.02. The summed E-state index contributed by atoms with van der Waals surface area (Å²) in [6.07, 6.45) is 0. The van der Waals surface area contributed by atoms with Crippen LogP contribution in [0.1, 0.15) is 5.56 Å². The predicted octanol–water partition coefficient (Wildman–Crippen LogP) is 4.40. The summed E-state index contributed by atoms with van der Waals surface area (Å²) in [5, 5.41) is 0. The zero-order valence-corrected chi connectivity index (χ0v) is 11.0. The second kappa shape index (κ2) is 5.88. The number of benzene rings is 2. The molecule has 0 aliphatic rings. The fraction of sp³-hybridized carbons (Fsp3) is 0.0769. The summed E-state index contributed by atoms with van der Waals surface area (Å²) < 4.78 is 78.6. The molecule has 1 nitrogen and oxygen atoms in total. The van der Waals surface area contributed by atoms with Gasteiger partial charge >= 0.3 is 0 Å². The van der Waals surface area contributed by atoms with Crippen molar-refractivity contribution in [3.63, 3.8) is 0 Å². The lowest BCUT2D eigenvalue weighted by Gasteiger charge is -2.09. The Hall–Kier alpha value is -1.83. The van der Waals surface area contributed by atoms with Crippen molar-refractivity contribution in [2.45, 2.75) is 10.6 Å². The highest BCUT2D eigenvalue weighted by Crippen LogP contribution is 2.32. The molecule has 2 aromatic carbocycles. The highest BCUT2D eigenvalue weighted by molar-refractivity contribution is 7.98. The van der Waals surface area contributed by atoms with Crippen molar-refractivity contribution < 1.29 is 26.3 Å². The molecule has 0 unspecified atom stereocenters. The van der Waals surface area contributed by atoms with Crippen LogP contribution in [0.15, 0.2) is 23.1 Å². The largest absolute Gasteiger partial charge is 0.398 e. The number of nitrogen functional groups attached to an aromatic ring is 1. The topological polar surface area (TPSA) is 26.0 Å². The minimum atomic E-state index is -2.21. The average molecular weight is 323 g/mol.